The Morgan fingerprint density at radius 1 is 1.47 bits per heavy atom. The van der Waals surface area contributed by atoms with E-state index < -0.39 is 5.79 Å². The third-order valence-electron chi connectivity index (χ3n) is 3.28. The van der Waals surface area contributed by atoms with Gasteiger partial charge < -0.3 is 14.0 Å². The average molecular weight is 328 g/mol. The third-order valence-corrected chi connectivity index (χ3v) is 3.94. The van der Waals surface area contributed by atoms with Gasteiger partial charge in [-0.1, -0.05) is 6.07 Å². The predicted molar refractivity (Wildman–Crippen MR) is 74.5 cm³/mol. The summed E-state index contributed by atoms with van der Waals surface area (Å²) in [6.07, 6.45) is 1.47. The van der Waals surface area contributed by atoms with Gasteiger partial charge in [-0.2, -0.15) is 0 Å². The molecular formula is C14H15BrFNO2. The molecule has 1 aliphatic rings. The number of aromatic nitrogens is 1. The van der Waals surface area contributed by atoms with E-state index in [0.717, 1.165) is 9.99 Å². The smallest absolute Gasteiger partial charge is 0.163 e. The molecule has 1 aromatic carbocycles. The first-order chi connectivity index (χ1) is 8.96. The summed E-state index contributed by atoms with van der Waals surface area (Å²) in [5, 5.41) is 0.612. The Balaban J connectivity index is 1.92. The molecule has 3 nitrogen and oxygen atoms in total. The van der Waals surface area contributed by atoms with Crippen LogP contribution in [0.15, 0.2) is 28.9 Å². The Hall–Kier alpha value is -0.910. The van der Waals surface area contributed by atoms with E-state index in [0.29, 0.717) is 18.5 Å². The average Bonchev–Trinajstić information content (AvgIpc) is 2.82. The lowest BCUT2D eigenvalue weighted by Gasteiger charge is -2.17. The number of hydrogen-bond donors (Lipinski definition) is 0. The zero-order valence-electron chi connectivity index (χ0n) is 10.8. The zero-order valence-corrected chi connectivity index (χ0v) is 12.4. The van der Waals surface area contributed by atoms with Gasteiger partial charge in [-0.15, -0.1) is 0 Å². The van der Waals surface area contributed by atoms with Crippen molar-refractivity contribution in [3.63, 3.8) is 0 Å². The number of rotatable bonds is 2. The van der Waals surface area contributed by atoms with Crippen LogP contribution in [0.2, 0.25) is 0 Å². The van der Waals surface area contributed by atoms with Crippen molar-refractivity contribution in [3.05, 3.63) is 34.7 Å². The van der Waals surface area contributed by atoms with E-state index in [2.05, 4.69) is 15.9 Å². The van der Waals surface area contributed by atoms with Gasteiger partial charge in [-0.25, -0.2) is 4.39 Å². The second-order valence-corrected chi connectivity index (χ2v) is 6.07. The summed E-state index contributed by atoms with van der Waals surface area (Å²) < 4.78 is 27.9. The lowest BCUT2D eigenvalue weighted by atomic mass is 10.2. The van der Waals surface area contributed by atoms with Gasteiger partial charge in [0.2, 0.25) is 0 Å². The SMILES string of the molecule is CC1(C)OC[C@H](Cn2cc(F)c3c(Br)cccc32)O1. The normalized spacial score (nSPS) is 22.2. The summed E-state index contributed by atoms with van der Waals surface area (Å²) >= 11 is 3.38. The number of ether oxygens (including phenoxy) is 2. The molecule has 19 heavy (non-hydrogen) atoms. The Labute approximate surface area is 119 Å². The highest BCUT2D eigenvalue weighted by molar-refractivity contribution is 9.10. The molecule has 1 aliphatic heterocycles. The van der Waals surface area contributed by atoms with Crippen LogP contribution < -0.4 is 0 Å². The molecule has 1 atom stereocenters. The van der Waals surface area contributed by atoms with Gasteiger partial charge in [0.1, 0.15) is 11.9 Å². The first-order valence-corrected chi connectivity index (χ1v) is 7.00. The molecule has 1 saturated heterocycles. The second-order valence-electron chi connectivity index (χ2n) is 5.21. The Kier molecular flexibility index (Phi) is 3.15. The van der Waals surface area contributed by atoms with Crippen molar-refractivity contribution < 1.29 is 13.9 Å². The lowest BCUT2D eigenvalue weighted by molar-refractivity contribution is -0.139. The number of nitrogens with zero attached hydrogens (tertiary/aromatic N) is 1. The number of benzene rings is 1. The van der Waals surface area contributed by atoms with Crippen LogP contribution in [0.3, 0.4) is 0 Å². The van der Waals surface area contributed by atoms with E-state index in [-0.39, 0.29) is 11.9 Å². The van der Waals surface area contributed by atoms with Crippen LogP contribution in [0.1, 0.15) is 13.8 Å². The van der Waals surface area contributed by atoms with Crippen molar-refractivity contribution in [2.75, 3.05) is 6.61 Å². The minimum absolute atomic E-state index is 0.0519. The van der Waals surface area contributed by atoms with Gasteiger partial charge >= 0.3 is 0 Å². The molecule has 2 aromatic rings. The molecule has 0 unspecified atom stereocenters. The summed E-state index contributed by atoms with van der Waals surface area (Å²) in [6.45, 7) is 4.89. The first-order valence-electron chi connectivity index (χ1n) is 6.21. The maximum absolute atomic E-state index is 14.0. The van der Waals surface area contributed by atoms with Crippen molar-refractivity contribution in [1.82, 2.24) is 4.57 Å². The highest BCUT2D eigenvalue weighted by atomic mass is 79.9. The van der Waals surface area contributed by atoms with Crippen LogP contribution in [0.5, 0.6) is 0 Å². The number of fused-ring (bicyclic) bond motifs is 1. The molecule has 3 rings (SSSR count). The van der Waals surface area contributed by atoms with Crippen LogP contribution in [-0.2, 0) is 16.0 Å². The van der Waals surface area contributed by atoms with E-state index >= 15 is 0 Å². The molecule has 2 heterocycles. The molecule has 0 aliphatic carbocycles. The van der Waals surface area contributed by atoms with Crippen LogP contribution >= 0.6 is 15.9 Å². The summed E-state index contributed by atoms with van der Waals surface area (Å²) in [5.41, 5.74) is 0.861. The van der Waals surface area contributed by atoms with E-state index in [1.165, 1.54) is 6.20 Å². The monoisotopic (exact) mass is 327 g/mol. The van der Waals surface area contributed by atoms with Crippen molar-refractivity contribution in [2.24, 2.45) is 0 Å². The number of halogens is 2. The van der Waals surface area contributed by atoms with Gasteiger partial charge in [-0.05, 0) is 41.9 Å². The van der Waals surface area contributed by atoms with Gasteiger partial charge in [0.15, 0.2) is 5.79 Å². The lowest BCUT2D eigenvalue weighted by Crippen LogP contribution is -2.23. The van der Waals surface area contributed by atoms with Crippen molar-refractivity contribution in [2.45, 2.75) is 32.3 Å². The van der Waals surface area contributed by atoms with Gasteiger partial charge in [-0.3, -0.25) is 0 Å². The van der Waals surface area contributed by atoms with E-state index in [9.17, 15) is 4.39 Å². The van der Waals surface area contributed by atoms with E-state index in [1.54, 1.807) is 0 Å². The molecule has 0 saturated carbocycles. The molecule has 102 valence electrons. The fourth-order valence-electron chi connectivity index (χ4n) is 2.48. The van der Waals surface area contributed by atoms with Crippen LogP contribution in [0.4, 0.5) is 4.39 Å². The molecular weight excluding hydrogens is 313 g/mol. The third kappa shape index (κ3) is 2.42. The molecule has 0 spiro atoms. The number of hydrogen-bond acceptors (Lipinski definition) is 2. The second kappa shape index (κ2) is 4.58. The topological polar surface area (TPSA) is 23.4 Å². The molecule has 0 amide bonds. The summed E-state index contributed by atoms with van der Waals surface area (Å²) in [6, 6.07) is 5.65. The fourth-order valence-corrected chi connectivity index (χ4v) is 3.03. The summed E-state index contributed by atoms with van der Waals surface area (Å²) in [4.78, 5) is 0. The minimum atomic E-state index is -0.549. The van der Waals surface area contributed by atoms with Crippen molar-refractivity contribution in [1.29, 1.82) is 0 Å². The Bertz CT molecular complexity index is 623. The first kappa shape index (κ1) is 13.1. The maximum Gasteiger partial charge on any atom is 0.163 e. The zero-order chi connectivity index (χ0) is 13.6. The summed E-state index contributed by atoms with van der Waals surface area (Å²) in [7, 11) is 0. The molecule has 0 N–H and O–H groups in total. The highest BCUT2D eigenvalue weighted by Crippen LogP contribution is 2.29. The largest absolute Gasteiger partial charge is 0.348 e. The van der Waals surface area contributed by atoms with Crippen LogP contribution in [0.25, 0.3) is 10.9 Å². The van der Waals surface area contributed by atoms with Gasteiger partial charge in [0.25, 0.3) is 0 Å². The van der Waals surface area contributed by atoms with Crippen molar-refractivity contribution >= 4 is 26.8 Å². The summed E-state index contributed by atoms with van der Waals surface area (Å²) in [5.74, 6) is -0.770. The van der Waals surface area contributed by atoms with Crippen LogP contribution in [0, 0.1) is 5.82 Å². The quantitative estimate of drug-likeness (QED) is 0.839. The maximum atomic E-state index is 14.0. The standard InChI is InChI=1S/C14H15BrFNO2/c1-14(2)18-8-9(19-14)6-17-7-11(16)13-10(15)4-3-5-12(13)17/h3-5,7,9H,6,8H2,1-2H3/t9-/m0/s1. The van der Waals surface area contributed by atoms with E-state index in [1.807, 2.05) is 36.6 Å². The Morgan fingerprint density at radius 2 is 2.26 bits per heavy atom. The molecule has 1 fully saturated rings. The van der Waals surface area contributed by atoms with Crippen LogP contribution in [-0.4, -0.2) is 23.1 Å². The minimum Gasteiger partial charge on any atom is -0.348 e. The molecule has 5 heteroatoms. The molecule has 0 bridgehead atoms. The van der Waals surface area contributed by atoms with Gasteiger partial charge in [0, 0.05) is 16.1 Å². The Morgan fingerprint density at radius 3 is 2.95 bits per heavy atom. The van der Waals surface area contributed by atoms with E-state index in [4.69, 9.17) is 9.47 Å². The fraction of sp³-hybridized carbons (Fsp3) is 0.429. The molecule has 1 aromatic heterocycles. The predicted octanol–water partition coefficient (Wildman–Crippen LogP) is 3.69. The molecule has 0 radical (unpaired) electrons. The highest BCUT2D eigenvalue weighted by Gasteiger charge is 2.33. The van der Waals surface area contributed by atoms with Gasteiger partial charge in [0.05, 0.1) is 18.7 Å². The van der Waals surface area contributed by atoms with Crippen molar-refractivity contribution in [3.8, 4) is 0 Å².